The number of para-hydroxylation sites is 2. The predicted molar refractivity (Wildman–Crippen MR) is 150 cm³/mol. The molecule has 5 aromatic rings. The maximum atomic E-state index is 14.1. The molecule has 10 heteroatoms. The van der Waals surface area contributed by atoms with Gasteiger partial charge in [-0.3, -0.25) is 0 Å². The number of hydrogen-bond acceptors (Lipinski definition) is 4. The standard InChI is InChI=1S/C31H27F3N2O4S/c32-31(33,34)40-25-14-16-26(17-15-25)41(37,38)35(19-22-8-2-1-3-9-22)23-18-24(21-39-20-23)36-29-12-6-4-10-27(29)28-11-5-7-13-30(28)36/h1-17,23-24H,18-21H2/t23-,24+/m1/s1. The monoisotopic (exact) mass is 580 g/mol. The lowest BCUT2D eigenvalue weighted by Crippen LogP contribution is -2.46. The minimum Gasteiger partial charge on any atom is -0.406 e. The highest BCUT2D eigenvalue weighted by Gasteiger charge is 2.37. The number of ether oxygens (including phenoxy) is 2. The van der Waals surface area contributed by atoms with Gasteiger partial charge in [0, 0.05) is 28.4 Å². The summed E-state index contributed by atoms with van der Waals surface area (Å²) in [5.41, 5.74) is 2.87. The Balaban J connectivity index is 1.37. The van der Waals surface area contributed by atoms with Crippen LogP contribution in [-0.2, 0) is 21.3 Å². The van der Waals surface area contributed by atoms with Gasteiger partial charge in [-0.05, 0) is 48.4 Å². The fourth-order valence-corrected chi connectivity index (χ4v) is 7.25. The number of rotatable bonds is 7. The van der Waals surface area contributed by atoms with Gasteiger partial charge in [-0.1, -0.05) is 66.7 Å². The number of hydrogen-bond donors (Lipinski definition) is 0. The summed E-state index contributed by atoms with van der Waals surface area (Å²) in [6.45, 7) is 0.689. The Bertz CT molecular complexity index is 1720. The first kappa shape index (κ1) is 27.3. The topological polar surface area (TPSA) is 60.8 Å². The molecule has 1 fully saturated rings. The molecule has 4 aromatic carbocycles. The lowest BCUT2D eigenvalue weighted by Gasteiger charge is -2.37. The van der Waals surface area contributed by atoms with Crippen molar-refractivity contribution < 1.29 is 31.1 Å². The molecular formula is C31H27F3N2O4S. The third-order valence-corrected chi connectivity index (χ3v) is 9.31. The van der Waals surface area contributed by atoms with Gasteiger partial charge in [0.1, 0.15) is 5.75 Å². The van der Waals surface area contributed by atoms with Crippen LogP contribution in [0.5, 0.6) is 5.75 Å². The molecule has 6 nitrogen and oxygen atoms in total. The fourth-order valence-electron chi connectivity index (χ4n) is 5.64. The van der Waals surface area contributed by atoms with Gasteiger partial charge in [0.05, 0.1) is 30.2 Å². The van der Waals surface area contributed by atoms with Crippen molar-refractivity contribution in [2.24, 2.45) is 0 Å². The lowest BCUT2D eigenvalue weighted by atomic mass is 10.0. The van der Waals surface area contributed by atoms with E-state index in [1.54, 1.807) is 0 Å². The number of alkyl halides is 3. The van der Waals surface area contributed by atoms with Crippen LogP contribution >= 0.6 is 0 Å². The molecule has 0 bridgehead atoms. The number of benzene rings is 4. The Morgan fingerprint density at radius 1 is 0.805 bits per heavy atom. The molecule has 1 saturated heterocycles. The normalized spacial score (nSPS) is 18.2. The maximum absolute atomic E-state index is 14.1. The Morgan fingerprint density at radius 3 is 2.00 bits per heavy atom. The van der Waals surface area contributed by atoms with Gasteiger partial charge in [-0.2, -0.15) is 4.31 Å². The molecule has 0 amide bonds. The number of sulfonamides is 1. The summed E-state index contributed by atoms with van der Waals surface area (Å²) in [6.07, 6.45) is -4.38. The van der Waals surface area contributed by atoms with Gasteiger partial charge in [0.15, 0.2) is 0 Å². The highest BCUT2D eigenvalue weighted by atomic mass is 32.2. The van der Waals surface area contributed by atoms with Gasteiger partial charge in [-0.25, -0.2) is 8.42 Å². The number of aromatic nitrogens is 1. The fraction of sp³-hybridized carbons (Fsp3) is 0.226. The minimum atomic E-state index is -4.87. The van der Waals surface area contributed by atoms with Crippen LogP contribution in [-0.4, -0.2) is 42.9 Å². The van der Waals surface area contributed by atoms with Crippen molar-refractivity contribution in [3.05, 3.63) is 109 Å². The van der Waals surface area contributed by atoms with Gasteiger partial charge < -0.3 is 14.0 Å². The van der Waals surface area contributed by atoms with E-state index in [0.717, 1.165) is 51.6 Å². The molecule has 0 aliphatic carbocycles. The molecule has 0 radical (unpaired) electrons. The van der Waals surface area contributed by atoms with Crippen molar-refractivity contribution in [2.75, 3.05) is 13.2 Å². The summed E-state index contributed by atoms with van der Waals surface area (Å²) in [6, 6.07) is 29.1. The maximum Gasteiger partial charge on any atom is 0.573 e. The van der Waals surface area contributed by atoms with Crippen LogP contribution in [0.25, 0.3) is 21.8 Å². The van der Waals surface area contributed by atoms with Crippen LogP contribution < -0.4 is 4.74 Å². The zero-order chi connectivity index (χ0) is 28.6. The number of nitrogens with zero attached hydrogens (tertiary/aromatic N) is 2. The van der Waals surface area contributed by atoms with Crippen LogP contribution in [0, 0.1) is 0 Å². The molecule has 0 spiro atoms. The van der Waals surface area contributed by atoms with Crippen LogP contribution in [0.3, 0.4) is 0 Å². The average molecular weight is 581 g/mol. The predicted octanol–water partition coefficient (Wildman–Crippen LogP) is 6.91. The summed E-state index contributed by atoms with van der Waals surface area (Å²) in [7, 11) is -4.13. The van der Waals surface area contributed by atoms with E-state index in [2.05, 4.69) is 33.6 Å². The first-order valence-electron chi connectivity index (χ1n) is 13.2. The van der Waals surface area contributed by atoms with E-state index in [1.807, 2.05) is 54.6 Å². The molecule has 1 aliphatic rings. The van der Waals surface area contributed by atoms with Crippen molar-refractivity contribution in [2.45, 2.75) is 36.3 Å². The van der Waals surface area contributed by atoms with E-state index in [0.29, 0.717) is 13.0 Å². The van der Waals surface area contributed by atoms with Crippen molar-refractivity contribution in [3.8, 4) is 5.75 Å². The Morgan fingerprint density at radius 2 is 1.39 bits per heavy atom. The molecule has 6 rings (SSSR count). The molecular weight excluding hydrogens is 553 g/mol. The molecule has 0 saturated carbocycles. The molecule has 41 heavy (non-hydrogen) atoms. The van der Waals surface area contributed by atoms with Crippen molar-refractivity contribution in [1.29, 1.82) is 0 Å². The highest BCUT2D eigenvalue weighted by Crippen LogP contribution is 2.37. The Labute approximate surface area is 235 Å². The van der Waals surface area contributed by atoms with E-state index < -0.39 is 28.2 Å². The number of halogens is 3. The zero-order valence-corrected chi connectivity index (χ0v) is 22.7. The third-order valence-electron chi connectivity index (χ3n) is 7.40. The summed E-state index contributed by atoms with van der Waals surface area (Å²) in [5, 5.41) is 2.22. The van der Waals surface area contributed by atoms with Gasteiger partial charge in [-0.15, -0.1) is 13.2 Å². The Kier molecular flexibility index (Phi) is 7.23. The van der Waals surface area contributed by atoms with Crippen LogP contribution in [0.15, 0.2) is 108 Å². The van der Waals surface area contributed by atoms with Gasteiger partial charge >= 0.3 is 6.36 Å². The second-order valence-electron chi connectivity index (χ2n) is 10.0. The summed E-state index contributed by atoms with van der Waals surface area (Å²) in [5.74, 6) is -0.488. The van der Waals surface area contributed by atoms with Gasteiger partial charge in [0.25, 0.3) is 0 Å². The lowest BCUT2D eigenvalue weighted by molar-refractivity contribution is -0.274. The molecule has 1 aliphatic heterocycles. The van der Waals surface area contributed by atoms with E-state index in [9.17, 15) is 21.6 Å². The molecule has 2 heterocycles. The first-order chi connectivity index (χ1) is 19.7. The van der Waals surface area contributed by atoms with Crippen LogP contribution in [0.2, 0.25) is 0 Å². The SMILES string of the molecule is O=S(=O)(c1ccc(OC(F)(F)F)cc1)N(Cc1ccccc1)[C@H]1COC[C@@H](n2c3ccccc3c3ccccc32)C1. The number of fused-ring (bicyclic) bond motifs is 3. The second-order valence-corrected chi connectivity index (χ2v) is 11.9. The highest BCUT2D eigenvalue weighted by molar-refractivity contribution is 7.89. The molecule has 2 atom stereocenters. The summed E-state index contributed by atoms with van der Waals surface area (Å²) >= 11 is 0. The zero-order valence-electron chi connectivity index (χ0n) is 21.9. The quantitative estimate of drug-likeness (QED) is 0.210. The van der Waals surface area contributed by atoms with Crippen molar-refractivity contribution >= 4 is 31.8 Å². The van der Waals surface area contributed by atoms with Crippen LogP contribution in [0.4, 0.5) is 13.2 Å². The molecule has 1 aromatic heterocycles. The smallest absolute Gasteiger partial charge is 0.406 e. The summed E-state index contributed by atoms with van der Waals surface area (Å²) in [4.78, 5) is -0.123. The van der Waals surface area contributed by atoms with E-state index >= 15 is 0 Å². The summed E-state index contributed by atoms with van der Waals surface area (Å²) < 4.78 is 79.8. The van der Waals surface area contributed by atoms with Crippen LogP contribution in [0.1, 0.15) is 18.0 Å². The Hall–Kier alpha value is -3.86. The van der Waals surface area contributed by atoms with Crippen molar-refractivity contribution in [3.63, 3.8) is 0 Å². The average Bonchev–Trinajstić information content (AvgIpc) is 3.30. The van der Waals surface area contributed by atoms with Crippen molar-refractivity contribution in [1.82, 2.24) is 8.87 Å². The third kappa shape index (κ3) is 5.55. The first-order valence-corrected chi connectivity index (χ1v) is 14.6. The van der Waals surface area contributed by atoms with E-state index in [4.69, 9.17) is 4.74 Å². The molecule has 0 unspecified atom stereocenters. The largest absolute Gasteiger partial charge is 0.573 e. The molecule has 0 N–H and O–H groups in total. The molecule has 212 valence electrons. The van der Waals surface area contributed by atoms with E-state index in [-0.39, 0.29) is 24.1 Å². The second kappa shape index (κ2) is 10.8. The van der Waals surface area contributed by atoms with E-state index in [1.165, 1.54) is 4.31 Å². The van der Waals surface area contributed by atoms with Gasteiger partial charge in [0.2, 0.25) is 10.0 Å². The minimum absolute atomic E-state index is 0.0812.